The van der Waals surface area contributed by atoms with Gasteiger partial charge in [-0.25, -0.2) is 12.8 Å². The van der Waals surface area contributed by atoms with Crippen molar-refractivity contribution in [3.63, 3.8) is 0 Å². The van der Waals surface area contributed by atoms with Crippen molar-refractivity contribution < 1.29 is 17.7 Å². The van der Waals surface area contributed by atoms with E-state index in [1.807, 2.05) is 5.43 Å². The molecule has 0 fully saturated rings. The Morgan fingerprint density at radius 2 is 2.14 bits per heavy atom. The lowest BCUT2D eigenvalue weighted by molar-refractivity contribution is -0.385. The summed E-state index contributed by atoms with van der Waals surface area (Å²) in [7, 11) is -4.35. The van der Waals surface area contributed by atoms with Gasteiger partial charge in [-0.3, -0.25) is 25.8 Å². The summed E-state index contributed by atoms with van der Waals surface area (Å²) in [6.07, 6.45) is 2.40. The summed E-state index contributed by atoms with van der Waals surface area (Å²) in [5.74, 6) is 3.80. The molecule has 0 radical (unpaired) electrons. The van der Waals surface area contributed by atoms with E-state index in [4.69, 9.17) is 5.84 Å². The number of nitro benzene ring substituents is 1. The van der Waals surface area contributed by atoms with Gasteiger partial charge in [0.15, 0.2) is 5.82 Å². The fourth-order valence-electron chi connectivity index (χ4n) is 1.58. The van der Waals surface area contributed by atoms with Gasteiger partial charge in [-0.15, -0.1) is 0 Å². The summed E-state index contributed by atoms with van der Waals surface area (Å²) in [5.41, 5.74) is 0.913. The molecular formula is C9H9FN6O4S. The van der Waals surface area contributed by atoms with Gasteiger partial charge in [0.2, 0.25) is 0 Å². The maximum Gasteiger partial charge on any atom is 0.274 e. The summed E-state index contributed by atoms with van der Waals surface area (Å²) in [6.45, 7) is 0. The van der Waals surface area contributed by atoms with E-state index < -0.39 is 37.0 Å². The Hall–Kier alpha value is -2.73. The van der Waals surface area contributed by atoms with Gasteiger partial charge in [0, 0.05) is 12.3 Å². The van der Waals surface area contributed by atoms with Gasteiger partial charge < -0.3 is 5.43 Å². The van der Waals surface area contributed by atoms with Gasteiger partial charge in [0.1, 0.15) is 4.90 Å². The van der Waals surface area contributed by atoms with Crippen LogP contribution in [0.15, 0.2) is 29.4 Å². The summed E-state index contributed by atoms with van der Waals surface area (Å²) < 4.78 is 40.2. The number of nitrogens with two attached hydrogens (primary N) is 1. The van der Waals surface area contributed by atoms with Crippen molar-refractivity contribution in [2.24, 2.45) is 5.84 Å². The molecule has 1 heterocycles. The second-order valence-electron chi connectivity index (χ2n) is 3.80. The van der Waals surface area contributed by atoms with E-state index in [0.717, 1.165) is 12.3 Å². The number of nitrogen functional groups attached to an aromatic ring is 1. The van der Waals surface area contributed by atoms with Crippen LogP contribution in [0.3, 0.4) is 0 Å². The van der Waals surface area contributed by atoms with Crippen molar-refractivity contribution in [3.05, 3.63) is 40.5 Å². The van der Waals surface area contributed by atoms with Crippen molar-refractivity contribution in [2.75, 3.05) is 10.1 Å². The van der Waals surface area contributed by atoms with Crippen LogP contribution in [-0.2, 0) is 10.0 Å². The average Bonchev–Trinajstić information content (AvgIpc) is 2.89. The van der Waals surface area contributed by atoms with Crippen LogP contribution in [-0.4, -0.2) is 23.5 Å². The monoisotopic (exact) mass is 316 g/mol. The number of aromatic nitrogens is 2. The molecule has 0 amide bonds. The number of hydrogen-bond acceptors (Lipinski definition) is 7. The number of nitro groups is 1. The summed E-state index contributed by atoms with van der Waals surface area (Å²) in [6, 6.07) is 1.30. The van der Waals surface area contributed by atoms with E-state index >= 15 is 0 Å². The minimum atomic E-state index is -4.35. The van der Waals surface area contributed by atoms with Crippen molar-refractivity contribution in [3.8, 4) is 0 Å². The highest BCUT2D eigenvalue weighted by molar-refractivity contribution is 7.92. The van der Waals surface area contributed by atoms with Gasteiger partial charge in [-0.2, -0.15) is 5.10 Å². The number of non-ortho nitro benzene ring substituents is 1. The van der Waals surface area contributed by atoms with E-state index in [2.05, 4.69) is 14.9 Å². The van der Waals surface area contributed by atoms with Crippen molar-refractivity contribution in [2.45, 2.75) is 4.90 Å². The van der Waals surface area contributed by atoms with Crippen LogP contribution in [0.5, 0.6) is 0 Å². The first-order chi connectivity index (χ1) is 9.85. The minimum Gasteiger partial charge on any atom is -0.323 e. The largest absolute Gasteiger partial charge is 0.323 e. The molecule has 0 spiro atoms. The maximum absolute atomic E-state index is 13.9. The maximum atomic E-state index is 13.9. The number of benzene rings is 1. The highest BCUT2D eigenvalue weighted by Crippen LogP contribution is 2.30. The van der Waals surface area contributed by atoms with E-state index in [1.165, 1.54) is 6.20 Å². The SMILES string of the molecule is NNc1cc([N+](=O)[O-])cc(F)c1S(=O)(=O)Nc1cn[nH]c1. The number of hydrogen-bond donors (Lipinski definition) is 4. The predicted molar refractivity (Wildman–Crippen MR) is 70.3 cm³/mol. The van der Waals surface area contributed by atoms with Crippen molar-refractivity contribution >= 4 is 27.1 Å². The van der Waals surface area contributed by atoms with Gasteiger partial charge in [-0.05, 0) is 0 Å². The second kappa shape index (κ2) is 5.34. The van der Waals surface area contributed by atoms with Crippen LogP contribution in [0, 0.1) is 15.9 Å². The zero-order valence-electron chi connectivity index (χ0n) is 10.2. The lowest BCUT2D eigenvalue weighted by Gasteiger charge is -2.11. The third-order valence-electron chi connectivity index (χ3n) is 2.41. The molecule has 0 aliphatic heterocycles. The molecule has 1 aromatic carbocycles. The van der Waals surface area contributed by atoms with Gasteiger partial charge in [-0.1, -0.05) is 0 Å². The molecule has 0 aliphatic carbocycles. The number of nitrogens with zero attached hydrogens (tertiary/aromatic N) is 2. The second-order valence-corrected chi connectivity index (χ2v) is 5.42. The Kier molecular flexibility index (Phi) is 3.73. The third-order valence-corrected chi connectivity index (χ3v) is 3.87. The Balaban J connectivity index is 2.54. The highest BCUT2D eigenvalue weighted by atomic mass is 32.2. The standard InChI is InChI=1S/C9H9FN6O4S/c10-7-1-6(16(17)18)2-8(14-11)9(7)21(19,20)15-5-3-12-13-4-5/h1-4,14-15H,11H2,(H,12,13). The van der Waals surface area contributed by atoms with Crippen molar-refractivity contribution in [1.82, 2.24) is 10.2 Å². The summed E-state index contributed by atoms with van der Waals surface area (Å²) >= 11 is 0. The number of aromatic amines is 1. The molecule has 112 valence electrons. The van der Waals surface area contributed by atoms with Crippen LogP contribution >= 0.6 is 0 Å². The fraction of sp³-hybridized carbons (Fsp3) is 0. The number of rotatable bonds is 5. The topological polar surface area (TPSA) is 156 Å². The summed E-state index contributed by atoms with van der Waals surface area (Å²) in [5, 5.41) is 16.5. The Bertz CT molecular complexity index is 776. The molecule has 12 heteroatoms. The number of sulfonamides is 1. The normalized spacial score (nSPS) is 11.1. The highest BCUT2D eigenvalue weighted by Gasteiger charge is 2.27. The average molecular weight is 316 g/mol. The van der Waals surface area contributed by atoms with E-state index in [9.17, 15) is 22.9 Å². The minimum absolute atomic E-state index is 0.0655. The first-order valence-corrected chi connectivity index (χ1v) is 6.79. The first-order valence-electron chi connectivity index (χ1n) is 5.31. The predicted octanol–water partition coefficient (Wildman–Crippen LogP) is 0.543. The molecule has 0 aliphatic rings. The number of anilines is 2. The molecule has 5 N–H and O–H groups in total. The number of halogens is 1. The van der Waals surface area contributed by atoms with Crippen LogP contribution in [0.4, 0.5) is 21.5 Å². The molecule has 2 aromatic rings. The van der Waals surface area contributed by atoms with Gasteiger partial charge in [0.25, 0.3) is 15.7 Å². The van der Waals surface area contributed by atoms with E-state index in [0.29, 0.717) is 6.07 Å². The molecule has 1 aromatic heterocycles. The van der Waals surface area contributed by atoms with Crippen LogP contribution in [0.2, 0.25) is 0 Å². The number of H-pyrrole nitrogens is 1. The van der Waals surface area contributed by atoms with Crippen LogP contribution in [0.1, 0.15) is 0 Å². The molecular weight excluding hydrogens is 307 g/mol. The molecule has 0 bridgehead atoms. The number of nitrogens with one attached hydrogen (secondary N) is 3. The Morgan fingerprint density at radius 1 is 1.43 bits per heavy atom. The molecule has 0 unspecified atom stereocenters. The van der Waals surface area contributed by atoms with Gasteiger partial charge >= 0.3 is 0 Å². The quantitative estimate of drug-likeness (QED) is 0.356. The molecule has 21 heavy (non-hydrogen) atoms. The molecule has 0 atom stereocenters. The zero-order chi connectivity index (χ0) is 15.6. The Labute approximate surface area is 117 Å². The first kappa shape index (κ1) is 14.7. The van der Waals surface area contributed by atoms with E-state index in [1.54, 1.807) is 0 Å². The summed E-state index contributed by atoms with van der Waals surface area (Å²) in [4.78, 5) is 8.92. The Morgan fingerprint density at radius 3 is 2.67 bits per heavy atom. The van der Waals surface area contributed by atoms with Crippen LogP contribution < -0.4 is 16.0 Å². The van der Waals surface area contributed by atoms with Crippen molar-refractivity contribution in [1.29, 1.82) is 0 Å². The molecule has 2 rings (SSSR count). The smallest absolute Gasteiger partial charge is 0.274 e. The lowest BCUT2D eigenvalue weighted by Crippen LogP contribution is -2.19. The molecule has 0 saturated carbocycles. The number of hydrazine groups is 1. The third kappa shape index (κ3) is 2.90. The van der Waals surface area contributed by atoms with Gasteiger partial charge in [0.05, 0.1) is 28.6 Å². The molecule has 0 saturated heterocycles. The zero-order valence-corrected chi connectivity index (χ0v) is 11.0. The van der Waals surface area contributed by atoms with E-state index in [-0.39, 0.29) is 5.69 Å². The lowest BCUT2D eigenvalue weighted by atomic mass is 10.3. The van der Waals surface area contributed by atoms with Crippen LogP contribution in [0.25, 0.3) is 0 Å². The fourth-order valence-corrected chi connectivity index (χ4v) is 2.82. The molecule has 10 nitrogen and oxygen atoms in total.